The van der Waals surface area contributed by atoms with E-state index < -0.39 is 0 Å². The van der Waals surface area contributed by atoms with Crippen molar-refractivity contribution in [1.29, 1.82) is 0 Å². The lowest BCUT2D eigenvalue weighted by molar-refractivity contribution is 0.0429. The Morgan fingerprint density at radius 1 is 1.30 bits per heavy atom. The minimum Gasteiger partial charge on any atom is -0.290 e. The summed E-state index contributed by atoms with van der Waals surface area (Å²) in [7, 11) is 0. The van der Waals surface area contributed by atoms with Crippen LogP contribution in [0.1, 0.15) is 50.2 Å². The number of imidazole rings is 1. The van der Waals surface area contributed by atoms with Crippen molar-refractivity contribution >= 4 is 16.3 Å². The van der Waals surface area contributed by atoms with Crippen molar-refractivity contribution < 1.29 is 0 Å². The highest BCUT2D eigenvalue weighted by molar-refractivity contribution is 7.15. The number of nitrogens with zero attached hydrogens (tertiary/aromatic N) is 3. The molecule has 0 amide bonds. The van der Waals surface area contributed by atoms with E-state index in [1.54, 1.807) is 11.3 Å². The second-order valence-electron chi connectivity index (χ2n) is 6.01. The number of thiazole rings is 1. The van der Waals surface area contributed by atoms with Gasteiger partial charge in [-0.2, -0.15) is 0 Å². The van der Waals surface area contributed by atoms with Crippen LogP contribution < -0.4 is 5.43 Å². The van der Waals surface area contributed by atoms with Gasteiger partial charge in [-0.15, -0.1) is 11.3 Å². The van der Waals surface area contributed by atoms with E-state index in [-0.39, 0.29) is 0 Å². The summed E-state index contributed by atoms with van der Waals surface area (Å²) in [4.78, 5) is 5.77. The summed E-state index contributed by atoms with van der Waals surface area (Å²) in [5.74, 6) is 0. The summed E-state index contributed by atoms with van der Waals surface area (Å²) >= 11 is 1.72. The monoisotopic (exact) mass is 292 g/mol. The lowest BCUT2D eigenvalue weighted by Gasteiger charge is -2.39. The molecule has 0 aliphatic carbocycles. The Morgan fingerprint density at radius 2 is 2.00 bits per heavy atom. The Hall–Kier alpha value is -0.910. The van der Waals surface area contributed by atoms with Gasteiger partial charge in [0.1, 0.15) is 0 Å². The first-order valence-electron chi connectivity index (χ1n) is 7.51. The minimum absolute atomic E-state index is 0.617. The van der Waals surface area contributed by atoms with E-state index >= 15 is 0 Å². The number of hydrazine groups is 1. The van der Waals surface area contributed by atoms with Crippen molar-refractivity contribution in [3.8, 4) is 0 Å². The molecule has 2 aromatic heterocycles. The highest BCUT2D eigenvalue weighted by Crippen LogP contribution is 2.23. The molecule has 110 valence electrons. The van der Waals surface area contributed by atoms with E-state index in [4.69, 9.17) is 0 Å². The molecule has 5 heteroatoms. The molecule has 0 saturated carbocycles. The zero-order valence-electron chi connectivity index (χ0n) is 12.8. The normalized spacial score (nSPS) is 24.6. The van der Waals surface area contributed by atoms with Gasteiger partial charge in [0, 0.05) is 23.2 Å². The van der Waals surface area contributed by atoms with Gasteiger partial charge >= 0.3 is 0 Å². The van der Waals surface area contributed by atoms with Crippen LogP contribution in [0, 0.1) is 13.8 Å². The molecule has 1 N–H and O–H groups in total. The summed E-state index contributed by atoms with van der Waals surface area (Å²) < 4.78 is 2.28. The fourth-order valence-corrected chi connectivity index (χ4v) is 4.21. The second-order valence-corrected chi connectivity index (χ2v) is 6.85. The van der Waals surface area contributed by atoms with Gasteiger partial charge in [0.05, 0.1) is 17.9 Å². The molecule has 1 aliphatic heterocycles. The molecule has 0 spiro atoms. The van der Waals surface area contributed by atoms with E-state index in [9.17, 15) is 0 Å². The fraction of sp³-hybridized carbons (Fsp3) is 0.667. The molecular formula is C15H24N4S. The van der Waals surface area contributed by atoms with Crippen LogP contribution >= 0.6 is 11.3 Å². The maximum atomic E-state index is 4.66. The van der Waals surface area contributed by atoms with Crippen LogP contribution in [-0.2, 0) is 6.54 Å². The van der Waals surface area contributed by atoms with Gasteiger partial charge in [0.15, 0.2) is 4.96 Å². The molecule has 1 aliphatic rings. The number of hydrogen-bond donors (Lipinski definition) is 1. The number of nitrogens with one attached hydrogen (secondary N) is 1. The Balaban J connectivity index is 1.79. The lowest BCUT2D eigenvalue weighted by Crippen LogP contribution is -2.51. The van der Waals surface area contributed by atoms with Gasteiger partial charge in [0.25, 0.3) is 0 Å². The van der Waals surface area contributed by atoms with E-state index in [2.05, 4.69) is 52.9 Å². The Labute approximate surface area is 124 Å². The minimum atomic E-state index is 0.617. The van der Waals surface area contributed by atoms with E-state index in [1.807, 2.05) is 0 Å². The van der Waals surface area contributed by atoms with Crippen molar-refractivity contribution in [2.24, 2.45) is 0 Å². The highest BCUT2D eigenvalue weighted by Gasteiger charge is 2.25. The predicted molar refractivity (Wildman–Crippen MR) is 84.0 cm³/mol. The Morgan fingerprint density at radius 3 is 2.70 bits per heavy atom. The summed E-state index contributed by atoms with van der Waals surface area (Å²) in [5.41, 5.74) is 7.37. The molecule has 0 radical (unpaired) electrons. The largest absolute Gasteiger partial charge is 0.290 e. The highest BCUT2D eigenvalue weighted by atomic mass is 32.1. The molecule has 2 atom stereocenters. The molecule has 3 heterocycles. The third-order valence-corrected chi connectivity index (χ3v) is 5.40. The standard InChI is InChI=1S/C15H24N4S/c1-10-6-5-7-11(2)19(10)16-8-14-13(4)17-15-18(14)12(3)9-20-15/h9-11,16H,5-8H2,1-4H3. The first kappa shape index (κ1) is 14.0. The van der Waals surface area contributed by atoms with Crippen LogP contribution in [0.4, 0.5) is 0 Å². The summed E-state index contributed by atoms with van der Waals surface area (Å²) in [6, 6.07) is 1.23. The van der Waals surface area contributed by atoms with Crippen LogP contribution in [0.2, 0.25) is 0 Å². The maximum absolute atomic E-state index is 4.66. The molecular weight excluding hydrogens is 268 g/mol. The summed E-state index contributed by atoms with van der Waals surface area (Å²) in [6.07, 6.45) is 3.92. The number of hydrogen-bond acceptors (Lipinski definition) is 4. The van der Waals surface area contributed by atoms with Crippen LogP contribution in [0.25, 0.3) is 4.96 Å². The summed E-state index contributed by atoms with van der Waals surface area (Å²) in [6.45, 7) is 9.76. The van der Waals surface area contributed by atoms with Crippen LogP contribution in [0.15, 0.2) is 5.38 Å². The predicted octanol–water partition coefficient (Wildman–Crippen LogP) is 3.28. The molecule has 2 aromatic rings. The van der Waals surface area contributed by atoms with Crippen molar-refractivity contribution in [2.45, 2.75) is 65.6 Å². The van der Waals surface area contributed by atoms with Crippen molar-refractivity contribution in [3.05, 3.63) is 22.5 Å². The average molecular weight is 292 g/mol. The summed E-state index contributed by atoms with van der Waals surface area (Å²) in [5, 5.41) is 4.61. The van der Waals surface area contributed by atoms with Crippen LogP contribution in [-0.4, -0.2) is 26.5 Å². The smallest absolute Gasteiger partial charge is 0.194 e. The van der Waals surface area contributed by atoms with Crippen LogP contribution in [0.3, 0.4) is 0 Å². The first-order valence-corrected chi connectivity index (χ1v) is 8.39. The number of aryl methyl sites for hydroxylation is 2. The Kier molecular flexibility index (Phi) is 3.84. The van der Waals surface area contributed by atoms with Gasteiger partial charge in [-0.25, -0.2) is 15.4 Å². The number of fused-ring (bicyclic) bond motifs is 1. The van der Waals surface area contributed by atoms with E-state index in [0.29, 0.717) is 12.1 Å². The van der Waals surface area contributed by atoms with Crippen molar-refractivity contribution in [1.82, 2.24) is 19.8 Å². The van der Waals surface area contributed by atoms with Gasteiger partial charge in [-0.05, 0) is 40.5 Å². The second kappa shape index (κ2) is 5.47. The molecule has 2 unspecified atom stereocenters. The zero-order valence-corrected chi connectivity index (χ0v) is 13.6. The zero-order chi connectivity index (χ0) is 14.3. The third kappa shape index (κ3) is 2.38. The molecule has 0 bridgehead atoms. The number of piperidine rings is 1. The maximum Gasteiger partial charge on any atom is 0.194 e. The van der Waals surface area contributed by atoms with Crippen molar-refractivity contribution in [2.75, 3.05) is 0 Å². The molecule has 4 nitrogen and oxygen atoms in total. The number of rotatable bonds is 3. The molecule has 20 heavy (non-hydrogen) atoms. The first-order chi connectivity index (χ1) is 9.58. The molecule has 1 saturated heterocycles. The Bertz CT molecular complexity index is 590. The molecule has 1 fully saturated rings. The lowest BCUT2D eigenvalue weighted by atomic mass is 10.00. The van der Waals surface area contributed by atoms with Gasteiger partial charge in [-0.1, -0.05) is 6.42 Å². The van der Waals surface area contributed by atoms with E-state index in [0.717, 1.165) is 17.2 Å². The average Bonchev–Trinajstić information content (AvgIpc) is 2.90. The molecule has 0 aromatic carbocycles. The number of aromatic nitrogens is 2. The quantitative estimate of drug-likeness (QED) is 0.942. The van der Waals surface area contributed by atoms with Gasteiger partial charge < -0.3 is 0 Å². The van der Waals surface area contributed by atoms with Crippen molar-refractivity contribution in [3.63, 3.8) is 0 Å². The van der Waals surface area contributed by atoms with Gasteiger partial charge in [0.2, 0.25) is 0 Å². The fourth-order valence-electron chi connectivity index (χ4n) is 3.27. The molecule has 3 rings (SSSR count). The van der Waals surface area contributed by atoms with Crippen LogP contribution in [0.5, 0.6) is 0 Å². The van der Waals surface area contributed by atoms with E-state index in [1.165, 1.54) is 30.7 Å². The third-order valence-electron chi connectivity index (χ3n) is 4.45. The topological polar surface area (TPSA) is 32.6 Å². The van der Waals surface area contributed by atoms with Gasteiger partial charge in [-0.3, -0.25) is 4.40 Å². The SMILES string of the molecule is Cc1nc2scc(C)n2c1CNN1C(C)CCCC1C.